The molecule has 0 aromatic heterocycles. The maximum Gasteiger partial charge on any atom is 0.313 e. The van der Waals surface area contributed by atoms with E-state index in [0.717, 1.165) is 0 Å². The Labute approximate surface area is 97.9 Å². The van der Waals surface area contributed by atoms with E-state index in [1.807, 2.05) is 0 Å². The lowest BCUT2D eigenvalue weighted by Gasteiger charge is -2.06. The fourth-order valence-electron chi connectivity index (χ4n) is 1.26. The number of rotatable bonds is 6. The molecule has 0 bridgehead atoms. The van der Waals surface area contributed by atoms with Crippen LogP contribution in [0.3, 0.4) is 0 Å². The summed E-state index contributed by atoms with van der Waals surface area (Å²) in [7, 11) is 0. The van der Waals surface area contributed by atoms with Gasteiger partial charge in [-0.05, 0) is 11.6 Å². The number of nitrogens with two attached hydrogens (primary N) is 1. The maximum atomic E-state index is 11.3. The molecule has 0 aliphatic carbocycles. The third-order valence-electron chi connectivity index (χ3n) is 2.07. The minimum Gasteiger partial charge on any atom is -0.508 e. The number of esters is 1. The van der Waals surface area contributed by atoms with Crippen molar-refractivity contribution >= 4 is 12.4 Å². The molecule has 1 rings (SSSR count). The van der Waals surface area contributed by atoms with Gasteiger partial charge in [-0.15, -0.1) is 0 Å². The van der Waals surface area contributed by atoms with E-state index < -0.39 is 12.8 Å². The van der Waals surface area contributed by atoms with Gasteiger partial charge in [-0.3, -0.25) is 9.59 Å². The largest absolute Gasteiger partial charge is 0.508 e. The highest BCUT2D eigenvalue weighted by atomic mass is 16.7. The first-order valence-electron chi connectivity index (χ1n) is 4.89. The van der Waals surface area contributed by atoms with Crippen LogP contribution in [0.25, 0.3) is 0 Å². The number of carbonyl (C=O) groups excluding carboxylic acids is 2. The molecule has 0 fully saturated rings. The number of hydrogen-bond acceptors (Lipinski definition) is 6. The molecule has 3 N–H and O–H groups in total. The SMILES string of the molecule is NCc1cc(CC(=O)OCOC=O)ccc1O. The first-order valence-corrected chi connectivity index (χ1v) is 4.89. The van der Waals surface area contributed by atoms with E-state index in [4.69, 9.17) is 5.73 Å². The van der Waals surface area contributed by atoms with Crippen LogP contribution in [0.5, 0.6) is 5.75 Å². The predicted octanol–water partition coefficient (Wildman–Crippen LogP) is 0.0671. The molecular weight excluding hydrogens is 226 g/mol. The first-order chi connectivity index (χ1) is 8.17. The van der Waals surface area contributed by atoms with E-state index in [2.05, 4.69) is 9.47 Å². The van der Waals surface area contributed by atoms with Crippen LogP contribution < -0.4 is 5.73 Å². The van der Waals surface area contributed by atoms with Crippen molar-refractivity contribution in [3.05, 3.63) is 29.3 Å². The van der Waals surface area contributed by atoms with Gasteiger partial charge in [0, 0.05) is 12.1 Å². The van der Waals surface area contributed by atoms with Crippen molar-refractivity contribution in [2.24, 2.45) is 5.73 Å². The van der Waals surface area contributed by atoms with Crippen molar-refractivity contribution < 1.29 is 24.2 Å². The van der Waals surface area contributed by atoms with Gasteiger partial charge in [-0.2, -0.15) is 0 Å². The zero-order valence-corrected chi connectivity index (χ0v) is 9.09. The van der Waals surface area contributed by atoms with E-state index in [9.17, 15) is 14.7 Å². The second kappa shape index (κ2) is 6.49. The fourth-order valence-corrected chi connectivity index (χ4v) is 1.26. The number of hydrogen-bond donors (Lipinski definition) is 2. The zero-order chi connectivity index (χ0) is 12.7. The number of aromatic hydroxyl groups is 1. The molecule has 0 amide bonds. The predicted molar refractivity (Wildman–Crippen MR) is 57.8 cm³/mol. The Morgan fingerprint density at radius 3 is 2.88 bits per heavy atom. The Morgan fingerprint density at radius 1 is 1.47 bits per heavy atom. The summed E-state index contributed by atoms with van der Waals surface area (Å²) in [6.07, 6.45) is 0.0233. The van der Waals surface area contributed by atoms with Gasteiger partial charge in [-0.25, -0.2) is 0 Å². The molecule has 0 aliphatic rings. The van der Waals surface area contributed by atoms with E-state index in [1.54, 1.807) is 12.1 Å². The molecule has 0 saturated carbocycles. The Bertz CT molecular complexity index is 405. The number of phenols is 1. The Hall–Kier alpha value is -2.08. The highest BCUT2D eigenvalue weighted by Crippen LogP contribution is 2.18. The number of ether oxygens (including phenoxy) is 2. The lowest BCUT2D eigenvalue weighted by atomic mass is 10.1. The van der Waals surface area contributed by atoms with Crippen molar-refractivity contribution in [1.82, 2.24) is 0 Å². The minimum atomic E-state index is -0.527. The second-order valence-electron chi connectivity index (χ2n) is 3.24. The Morgan fingerprint density at radius 2 is 2.24 bits per heavy atom. The topological polar surface area (TPSA) is 98.9 Å². The second-order valence-corrected chi connectivity index (χ2v) is 3.24. The van der Waals surface area contributed by atoms with Gasteiger partial charge in [0.15, 0.2) is 0 Å². The molecule has 0 saturated heterocycles. The van der Waals surface area contributed by atoms with Crippen LogP contribution in [-0.2, 0) is 32.0 Å². The summed E-state index contributed by atoms with van der Waals surface area (Å²) < 4.78 is 8.83. The molecule has 6 nitrogen and oxygen atoms in total. The van der Waals surface area contributed by atoms with Gasteiger partial charge < -0.3 is 20.3 Å². The Kier molecular flexibility index (Phi) is 4.96. The summed E-state index contributed by atoms with van der Waals surface area (Å²) in [6, 6.07) is 4.68. The third kappa shape index (κ3) is 4.12. The van der Waals surface area contributed by atoms with E-state index in [1.165, 1.54) is 6.07 Å². The highest BCUT2D eigenvalue weighted by molar-refractivity contribution is 5.72. The zero-order valence-electron chi connectivity index (χ0n) is 9.09. The van der Waals surface area contributed by atoms with E-state index in [-0.39, 0.29) is 25.2 Å². The van der Waals surface area contributed by atoms with Crippen molar-refractivity contribution in [3.8, 4) is 5.75 Å². The standard InChI is InChI=1S/C11H13NO5/c12-5-9-3-8(1-2-10(9)14)4-11(15)17-7-16-6-13/h1-3,6,14H,4-5,7,12H2. The van der Waals surface area contributed by atoms with Crippen molar-refractivity contribution in [2.45, 2.75) is 13.0 Å². The number of benzene rings is 1. The van der Waals surface area contributed by atoms with Gasteiger partial charge >= 0.3 is 5.97 Å². The summed E-state index contributed by atoms with van der Waals surface area (Å²) >= 11 is 0. The third-order valence-corrected chi connectivity index (χ3v) is 2.07. The molecule has 17 heavy (non-hydrogen) atoms. The molecule has 1 aromatic carbocycles. The van der Waals surface area contributed by atoms with Crippen LogP contribution in [0.4, 0.5) is 0 Å². The summed E-state index contributed by atoms with van der Waals surface area (Å²) in [5.74, 6) is -0.436. The van der Waals surface area contributed by atoms with Gasteiger partial charge in [0.05, 0.1) is 6.42 Å². The molecule has 1 aromatic rings. The molecule has 0 atom stereocenters. The minimum absolute atomic E-state index is 0.0233. The lowest BCUT2D eigenvalue weighted by Crippen LogP contribution is -2.11. The first kappa shape index (κ1) is 13.0. The molecule has 6 heteroatoms. The van der Waals surface area contributed by atoms with Gasteiger partial charge in [-0.1, -0.05) is 12.1 Å². The quantitative estimate of drug-likeness (QED) is 0.315. The van der Waals surface area contributed by atoms with Crippen LogP contribution >= 0.6 is 0 Å². The average molecular weight is 239 g/mol. The van der Waals surface area contributed by atoms with Gasteiger partial charge in [0.2, 0.25) is 6.79 Å². The lowest BCUT2D eigenvalue weighted by molar-refractivity contribution is -0.159. The van der Waals surface area contributed by atoms with Crippen LogP contribution in [0.15, 0.2) is 18.2 Å². The Balaban J connectivity index is 2.56. The summed E-state index contributed by atoms with van der Waals surface area (Å²) in [5.41, 5.74) is 6.63. The summed E-state index contributed by atoms with van der Waals surface area (Å²) in [6.45, 7) is -0.0203. The smallest absolute Gasteiger partial charge is 0.313 e. The molecular formula is C11H13NO5. The molecule has 0 heterocycles. The monoisotopic (exact) mass is 239 g/mol. The molecule has 0 radical (unpaired) electrons. The van der Waals surface area contributed by atoms with E-state index in [0.29, 0.717) is 11.1 Å². The molecule has 0 unspecified atom stereocenters. The van der Waals surface area contributed by atoms with Crippen LogP contribution in [-0.4, -0.2) is 24.3 Å². The fraction of sp³-hybridized carbons (Fsp3) is 0.273. The summed E-state index contributed by atoms with van der Waals surface area (Å²) in [5, 5.41) is 9.39. The average Bonchev–Trinajstić information content (AvgIpc) is 2.32. The van der Waals surface area contributed by atoms with Gasteiger partial charge in [0.1, 0.15) is 5.75 Å². The summed E-state index contributed by atoms with van der Waals surface area (Å²) in [4.78, 5) is 21.1. The van der Waals surface area contributed by atoms with Crippen molar-refractivity contribution in [2.75, 3.05) is 6.79 Å². The van der Waals surface area contributed by atoms with Crippen molar-refractivity contribution in [3.63, 3.8) is 0 Å². The normalized spacial score (nSPS) is 9.71. The van der Waals surface area contributed by atoms with Crippen molar-refractivity contribution in [1.29, 1.82) is 0 Å². The van der Waals surface area contributed by atoms with Crippen LogP contribution in [0.2, 0.25) is 0 Å². The van der Waals surface area contributed by atoms with E-state index >= 15 is 0 Å². The highest BCUT2D eigenvalue weighted by Gasteiger charge is 2.07. The number of phenolic OH excluding ortho intramolecular Hbond substituents is 1. The maximum absolute atomic E-state index is 11.3. The van der Waals surface area contributed by atoms with Crippen LogP contribution in [0, 0.1) is 0 Å². The molecule has 0 spiro atoms. The van der Waals surface area contributed by atoms with Gasteiger partial charge in [0.25, 0.3) is 6.47 Å². The van der Waals surface area contributed by atoms with Crippen LogP contribution in [0.1, 0.15) is 11.1 Å². The molecule has 92 valence electrons. The molecule has 0 aliphatic heterocycles. The number of carbonyl (C=O) groups is 2.